The maximum atomic E-state index is 11.7. The molecular formula is C10H17NO3. The van der Waals surface area contributed by atoms with E-state index in [1.165, 1.54) is 7.11 Å². The Morgan fingerprint density at radius 1 is 1.43 bits per heavy atom. The third kappa shape index (κ3) is 1.42. The van der Waals surface area contributed by atoms with Crippen molar-refractivity contribution in [2.45, 2.75) is 12.8 Å². The Kier molecular flexibility index (Phi) is 2.74. The minimum Gasteiger partial charge on any atom is -0.469 e. The van der Waals surface area contributed by atoms with Gasteiger partial charge in [0, 0.05) is 26.3 Å². The minimum absolute atomic E-state index is 0.0526. The number of rotatable bonds is 2. The molecule has 2 fully saturated rings. The van der Waals surface area contributed by atoms with Gasteiger partial charge in [0.1, 0.15) is 0 Å². The summed E-state index contributed by atoms with van der Waals surface area (Å²) in [6, 6.07) is 0. The molecular weight excluding hydrogens is 182 g/mol. The van der Waals surface area contributed by atoms with Gasteiger partial charge in [0.2, 0.25) is 0 Å². The van der Waals surface area contributed by atoms with Gasteiger partial charge in [-0.25, -0.2) is 0 Å². The molecule has 14 heavy (non-hydrogen) atoms. The lowest BCUT2D eigenvalue weighted by molar-refractivity contribution is -0.163. The van der Waals surface area contributed by atoms with Crippen LogP contribution in [0.5, 0.6) is 0 Å². The van der Waals surface area contributed by atoms with E-state index in [2.05, 4.69) is 5.32 Å². The van der Waals surface area contributed by atoms with Crippen LogP contribution in [0.3, 0.4) is 0 Å². The molecule has 0 aromatic carbocycles. The summed E-state index contributed by atoms with van der Waals surface area (Å²) >= 11 is 0. The highest BCUT2D eigenvalue weighted by Gasteiger charge is 2.51. The van der Waals surface area contributed by atoms with E-state index in [1.807, 2.05) is 0 Å². The zero-order chi connectivity index (χ0) is 10.0. The van der Waals surface area contributed by atoms with Crippen LogP contribution in [0.25, 0.3) is 0 Å². The number of nitrogens with one attached hydrogen (secondary N) is 1. The standard InChI is InChI=1S/C10H17NO3/c1-13-9(12)10(6-11-7-10)8-2-4-14-5-3-8/h8,11H,2-7H2,1H3. The molecule has 2 rings (SSSR count). The van der Waals surface area contributed by atoms with E-state index in [0.29, 0.717) is 5.92 Å². The van der Waals surface area contributed by atoms with Gasteiger partial charge >= 0.3 is 5.97 Å². The van der Waals surface area contributed by atoms with Crippen LogP contribution in [0.2, 0.25) is 0 Å². The number of methoxy groups -OCH3 is 1. The highest BCUT2D eigenvalue weighted by Crippen LogP contribution is 2.39. The number of esters is 1. The quantitative estimate of drug-likeness (QED) is 0.644. The number of hydrogen-bond acceptors (Lipinski definition) is 4. The molecule has 0 amide bonds. The minimum atomic E-state index is -0.251. The van der Waals surface area contributed by atoms with Gasteiger partial charge in [-0.1, -0.05) is 0 Å². The zero-order valence-corrected chi connectivity index (χ0v) is 8.54. The van der Waals surface area contributed by atoms with Gasteiger partial charge < -0.3 is 14.8 Å². The Labute approximate surface area is 84.0 Å². The molecule has 4 heteroatoms. The first-order valence-electron chi connectivity index (χ1n) is 5.16. The second-order valence-corrected chi connectivity index (χ2v) is 4.14. The molecule has 2 aliphatic heterocycles. The van der Waals surface area contributed by atoms with Crippen molar-refractivity contribution in [2.75, 3.05) is 33.4 Å². The van der Waals surface area contributed by atoms with Crippen LogP contribution in [0.1, 0.15) is 12.8 Å². The van der Waals surface area contributed by atoms with Gasteiger partial charge in [0.15, 0.2) is 0 Å². The number of ether oxygens (including phenoxy) is 2. The Bertz CT molecular complexity index is 219. The lowest BCUT2D eigenvalue weighted by atomic mass is 9.67. The summed E-state index contributed by atoms with van der Waals surface area (Å²) in [5.41, 5.74) is -0.251. The van der Waals surface area contributed by atoms with Crippen molar-refractivity contribution in [3.05, 3.63) is 0 Å². The molecule has 0 spiro atoms. The highest BCUT2D eigenvalue weighted by molar-refractivity contribution is 5.79. The van der Waals surface area contributed by atoms with E-state index in [9.17, 15) is 4.79 Å². The average molecular weight is 199 g/mol. The lowest BCUT2D eigenvalue weighted by Crippen LogP contribution is -2.63. The van der Waals surface area contributed by atoms with Crippen molar-refractivity contribution in [3.63, 3.8) is 0 Å². The molecule has 4 nitrogen and oxygen atoms in total. The van der Waals surface area contributed by atoms with E-state index in [4.69, 9.17) is 9.47 Å². The fourth-order valence-electron chi connectivity index (χ4n) is 2.45. The summed E-state index contributed by atoms with van der Waals surface area (Å²) in [5.74, 6) is 0.383. The summed E-state index contributed by atoms with van der Waals surface area (Å²) < 4.78 is 10.2. The second kappa shape index (κ2) is 3.87. The van der Waals surface area contributed by atoms with Gasteiger partial charge in [0.25, 0.3) is 0 Å². The lowest BCUT2D eigenvalue weighted by Gasteiger charge is -2.46. The molecule has 0 aromatic heterocycles. The summed E-state index contributed by atoms with van der Waals surface area (Å²) in [7, 11) is 1.47. The molecule has 2 saturated heterocycles. The van der Waals surface area contributed by atoms with Gasteiger partial charge in [-0.2, -0.15) is 0 Å². The molecule has 2 heterocycles. The molecule has 0 aliphatic carbocycles. The molecule has 80 valence electrons. The molecule has 0 atom stereocenters. The molecule has 2 aliphatic rings. The Hall–Kier alpha value is -0.610. The van der Waals surface area contributed by atoms with Crippen molar-refractivity contribution in [3.8, 4) is 0 Å². The summed E-state index contributed by atoms with van der Waals surface area (Å²) in [5, 5.41) is 3.17. The van der Waals surface area contributed by atoms with Crippen LogP contribution < -0.4 is 5.32 Å². The predicted octanol–water partition coefficient (Wildman–Crippen LogP) is 0.176. The van der Waals surface area contributed by atoms with Crippen molar-refractivity contribution in [1.29, 1.82) is 0 Å². The maximum Gasteiger partial charge on any atom is 0.314 e. The van der Waals surface area contributed by atoms with E-state index in [0.717, 1.165) is 39.1 Å². The third-order valence-electron chi connectivity index (χ3n) is 3.48. The van der Waals surface area contributed by atoms with Gasteiger partial charge in [-0.3, -0.25) is 4.79 Å². The molecule has 0 aromatic rings. The van der Waals surface area contributed by atoms with Crippen LogP contribution in [0.4, 0.5) is 0 Å². The van der Waals surface area contributed by atoms with Gasteiger partial charge in [0.05, 0.1) is 12.5 Å². The van der Waals surface area contributed by atoms with Crippen LogP contribution in [-0.2, 0) is 14.3 Å². The summed E-state index contributed by atoms with van der Waals surface area (Å²) in [6.45, 7) is 3.10. The van der Waals surface area contributed by atoms with Crippen LogP contribution >= 0.6 is 0 Å². The van der Waals surface area contributed by atoms with Crippen LogP contribution in [0.15, 0.2) is 0 Å². The Morgan fingerprint density at radius 2 is 2.07 bits per heavy atom. The second-order valence-electron chi connectivity index (χ2n) is 4.14. The smallest absolute Gasteiger partial charge is 0.314 e. The first-order valence-corrected chi connectivity index (χ1v) is 5.16. The maximum absolute atomic E-state index is 11.7. The zero-order valence-electron chi connectivity index (χ0n) is 8.54. The molecule has 0 radical (unpaired) electrons. The number of hydrogen-bond donors (Lipinski definition) is 1. The van der Waals surface area contributed by atoms with E-state index >= 15 is 0 Å². The number of carbonyl (C=O) groups excluding carboxylic acids is 1. The first-order chi connectivity index (χ1) is 6.79. The van der Waals surface area contributed by atoms with Gasteiger partial charge in [-0.15, -0.1) is 0 Å². The van der Waals surface area contributed by atoms with E-state index < -0.39 is 0 Å². The molecule has 0 unspecified atom stereocenters. The Morgan fingerprint density at radius 3 is 2.50 bits per heavy atom. The fraction of sp³-hybridized carbons (Fsp3) is 0.900. The SMILES string of the molecule is COC(=O)C1(C2CCOCC2)CNC1. The van der Waals surface area contributed by atoms with Crippen molar-refractivity contribution < 1.29 is 14.3 Å². The van der Waals surface area contributed by atoms with E-state index in [1.54, 1.807) is 0 Å². The molecule has 0 saturated carbocycles. The van der Waals surface area contributed by atoms with Crippen LogP contribution in [0, 0.1) is 11.3 Å². The van der Waals surface area contributed by atoms with Crippen molar-refractivity contribution in [1.82, 2.24) is 5.32 Å². The van der Waals surface area contributed by atoms with Crippen molar-refractivity contribution >= 4 is 5.97 Å². The molecule has 1 N–H and O–H groups in total. The topological polar surface area (TPSA) is 47.6 Å². The third-order valence-corrected chi connectivity index (χ3v) is 3.48. The average Bonchev–Trinajstić information content (AvgIpc) is 2.17. The summed E-state index contributed by atoms with van der Waals surface area (Å²) in [6.07, 6.45) is 1.97. The normalized spacial score (nSPS) is 26.6. The fourth-order valence-corrected chi connectivity index (χ4v) is 2.45. The monoisotopic (exact) mass is 199 g/mol. The highest BCUT2D eigenvalue weighted by atomic mass is 16.5. The summed E-state index contributed by atoms with van der Waals surface area (Å²) in [4.78, 5) is 11.7. The van der Waals surface area contributed by atoms with Gasteiger partial charge in [-0.05, 0) is 18.8 Å². The van der Waals surface area contributed by atoms with E-state index in [-0.39, 0.29) is 11.4 Å². The first kappa shape index (κ1) is 9.93. The van der Waals surface area contributed by atoms with Crippen molar-refractivity contribution in [2.24, 2.45) is 11.3 Å². The van der Waals surface area contributed by atoms with Crippen LogP contribution in [-0.4, -0.2) is 39.4 Å². The largest absolute Gasteiger partial charge is 0.469 e. The molecule has 0 bridgehead atoms. The Balaban J connectivity index is 2.06. The number of carbonyl (C=O) groups is 1. The predicted molar refractivity (Wildman–Crippen MR) is 50.9 cm³/mol.